The first-order chi connectivity index (χ1) is 15.1. The van der Waals surface area contributed by atoms with Crippen molar-refractivity contribution in [1.29, 1.82) is 0 Å². The van der Waals surface area contributed by atoms with E-state index in [9.17, 15) is 9.59 Å². The largest absolute Gasteiger partial charge is 0.496 e. The highest BCUT2D eigenvalue weighted by atomic mass is 16.5. The lowest BCUT2D eigenvalue weighted by Gasteiger charge is -2.25. The van der Waals surface area contributed by atoms with E-state index in [1.807, 2.05) is 48.5 Å². The zero-order chi connectivity index (χ0) is 21.8. The maximum atomic E-state index is 13.0. The average molecular weight is 421 g/mol. The van der Waals surface area contributed by atoms with Crippen LogP contribution in [0.2, 0.25) is 0 Å². The molecule has 1 atom stereocenters. The number of nitrogens with one attached hydrogen (secondary N) is 1. The number of para-hydroxylation sites is 3. The van der Waals surface area contributed by atoms with E-state index in [1.54, 1.807) is 12.0 Å². The van der Waals surface area contributed by atoms with E-state index < -0.39 is 6.04 Å². The standard InChI is InChI=1S/C24H28N4O3/c1-3-14-27-19-10-6-5-9-18(19)26-22(27)15-25-24(30)20-12-13-23(29)28(20)16-17-8-4-7-11-21(17)31-2/h4-11,20H,3,12-16H2,1-2H3,(H,25,30). The average Bonchev–Trinajstić information content (AvgIpc) is 3.33. The lowest BCUT2D eigenvalue weighted by molar-refractivity contribution is -0.135. The number of aromatic nitrogens is 2. The molecule has 1 aliphatic heterocycles. The molecule has 31 heavy (non-hydrogen) atoms. The highest BCUT2D eigenvalue weighted by Gasteiger charge is 2.36. The summed E-state index contributed by atoms with van der Waals surface area (Å²) in [6.45, 7) is 3.65. The quantitative estimate of drug-likeness (QED) is 0.607. The number of carbonyl (C=O) groups excluding carboxylic acids is 2. The molecule has 0 spiro atoms. The molecular formula is C24H28N4O3. The van der Waals surface area contributed by atoms with E-state index >= 15 is 0 Å². The van der Waals surface area contributed by atoms with Gasteiger partial charge in [0.05, 0.1) is 31.2 Å². The number of aryl methyl sites for hydroxylation is 1. The van der Waals surface area contributed by atoms with Gasteiger partial charge in [-0.2, -0.15) is 0 Å². The topological polar surface area (TPSA) is 76.5 Å². The van der Waals surface area contributed by atoms with Crippen molar-refractivity contribution in [2.75, 3.05) is 7.11 Å². The molecule has 3 aromatic rings. The molecule has 162 valence electrons. The van der Waals surface area contributed by atoms with Gasteiger partial charge in [-0.15, -0.1) is 0 Å². The van der Waals surface area contributed by atoms with E-state index in [2.05, 4.69) is 16.8 Å². The minimum Gasteiger partial charge on any atom is -0.496 e. The number of hydrogen-bond acceptors (Lipinski definition) is 4. The molecule has 2 aromatic carbocycles. The summed E-state index contributed by atoms with van der Waals surface area (Å²) >= 11 is 0. The Labute approximate surface area is 182 Å². The Balaban J connectivity index is 1.48. The van der Waals surface area contributed by atoms with E-state index in [1.165, 1.54) is 0 Å². The maximum absolute atomic E-state index is 13.0. The molecule has 1 aliphatic rings. The third-order valence-corrected chi connectivity index (χ3v) is 5.77. The second-order valence-electron chi connectivity index (χ2n) is 7.77. The van der Waals surface area contributed by atoms with Crippen molar-refractivity contribution in [3.63, 3.8) is 0 Å². The van der Waals surface area contributed by atoms with Crippen molar-refractivity contribution in [1.82, 2.24) is 19.8 Å². The summed E-state index contributed by atoms with van der Waals surface area (Å²) in [5, 5.41) is 3.02. The van der Waals surface area contributed by atoms with Gasteiger partial charge in [0.2, 0.25) is 11.8 Å². The Morgan fingerprint density at radius 2 is 1.97 bits per heavy atom. The highest BCUT2D eigenvalue weighted by Crippen LogP contribution is 2.26. The molecule has 0 saturated carbocycles. The summed E-state index contributed by atoms with van der Waals surface area (Å²) in [5.74, 6) is 1.40. The molecule has 1 fully saturated rings. The van der Waals surface area contributed by atoms with Crippen molar-refractivity contribution in [3.05, 3.63) is 59.9 Å². The van der Waals surface area contributed by atoms with Gasteiger partial charge < -0.3 is 19.5 Å². The van der Waals surface area contributed by atoms with E-state index in [-0.39, 0.29) is 11.8 Å². The summed E-state index contributed by atoms with van der Waals surface area (Å²) in [7, 11) is 1.61. The van der Waals surface area contributed by atoms with Gasteiger partial charge in [0, 0.05) is 18.5 Å². The minimum absolute atomic E-state index is 0.00993. The number of nitrogens with zero attached hydrogens (tertiary/aromatic N) is 3. The summed E-state index contributed by atoms with van der Waals surface area (Å²) < 4.78 is 7.56. The molecule has 7 heteroatoms. The molecular weight excluding hydrogens is 392 g/mol. The third-order valence-electron chi connectivity index (χ3n) is 5.77. The number of likely N-dealkylation sites (tertiary alicyclic amines) is 1. The molecule has 1 saturated heterocycles. The molecule has 1 unspecified atom stereocenters. The van der Waals surface area contributed by atoms with E-state index in [4.69, 9.17) is 9.72 Å². The van der Waals surface area contributed by atoms with Crippen molar-refractivity contribution < 1.29 is 14.3 Å². The number of fused-ring (bicyclic) bond motifs is 1. The predicted octanol–water partition coefficient (Wildman–Crippen LogP) is 3.26. The van der Waals surface area contributed by atoms with Crippen LogP contribution in [0, 0.1) is 0 Å². The number of ether oxygens (including phenoxy) is 1. The second kappa shape index (κ2) is 9.20. The van der Waals surface area contributed by atoms with Crippen LogP contribution in [-0.2, 0) is 29.2 Å². The summed E-state index contributed by atoms with van der Waals surface area (Å²) in [6, 6.07) is 15.1. The fourth-order valence-electron chi connectivity index (χ4n) is 4.24. The van der Waals surface area contributed by atoms with Crippen LogP contribution in [0.4, 0.5) is 0 Å². The molecule has 0 aliphatic carbocycles. The van der Waals surface area contributed by atoms with Crippen LogP contribution in [0.5, 0.6) is 5.75 Å². The number of hydrogen-bond donors (Lipinski definition) is 1. The Morgan fingerprint density at radius 3 is 2.77 bits per heavy atom. The fraction of sp³-hybridized carbons (Fsp3) is 0.375. The molecule has 2 heterocycles. The molecule has 1 N–H and O–H groups in total. The van der Waals surface area contributed by atoms with Gasteiger partial charge in [0.1, 0.15) is 17.6 Å². The van der Waals surface area contributed by atoms with Crippen LogP contribution in [0.3, 0.4) is 0 Å². The molecule has 1 aromatic heterocycles. The summed E-state index contributed by atoms with van der Waals surface area (Å²) in [5.41, 5.74) is 2.89. The van der Waals surface area contributed by atoms with Gasteiger partial charge in [-0.05, 0) is 31.0 Å². The smallest absolute Gasteiger partial charge is 0.243 e. The van der Waals surface area contributed by atoms with Gasteiger partial charge in [0.15, 0.2) is 0 Å². The second-order valence-corrected chi connectivity index (χ2v) is 7.77. The maximum Gasteiger partial charge on any atom is 0.243 e. The Hall–Kier alpha value is -3.35. The molecule has 7 nitrogen and oxygen atoms in total. The van der Waals surface area contributed by atoms with Crippen LogP contribution in [-0.4, -0.2) is 39.4 Å². The first-order valence-corrected chi connectivity index (χ1v) is 10.8. The number of amides is 2. The van der Waals surface area contributed by atoms with Crippen LogP contribution >= 0.6 is 0 Å². The third kappa shape index (κ3) is 4.26. The molecule has 2 amide bonds. The summed E-state index contributed by atoms with van der Waals surface area (Å²) in [4.78, 5) is 31.9. The van der Waals surface area contributed by atoms with Gasteiger partial charge >= 0.3 is 0 Å². The van der Waals surface area contributed by atoms with E-state index in [0.29, 0.717) is 25.9 Å². The van der Waals surface area contributed by atoms with E-state index in [0.717, 1.165) is 41.1 Å². The Morgan fingerprint density at radius 1 is 1.19 bits per heavy atom. The van der Waals surface area contributed by atoms with Crippen molar-refractivity contribution in [3.8, 4) is 5.75 Å². The Bertz CT molecular complexity index is 1090. The van der Waals surface area contributed by atoms with Gasteiger partial charge in [-0.3, -0.25) is 9.59 Å². The zero-order valence-electron chi connectivity index (χ0n) is 18.0. The summed E-state index contributed by atoms with van der Waals surface area (Å²) in [6.07, 6.45) is 1.87. The zero-order valence-corrected chi connectivity index (χ0v) is 18.0. The van der Waals surface area contributed by atoms with Crippen LogP contribution in [0.15, 0.2) is 48.5 Å². The Kier molecular flexibility index (Phi) is 6.21. The van der Waals surface area contributed by atoms with Gasteiger partial charge in [-0.1, -0.05) is 37.3 Å². The normalized spacial score (nSPS) is 16.1. The number of imidazole rings is 1. The lowest BCUT2D eigenvalue weighted by Crippen LogP contribution is -2.44. The van der Waals surface area contributed by atoms with Crippen molar-refractivity contribution >= 4 is 22.8 Å². The minimum atomic E-state index is -0.485. The van der Waals surface area contributed by atoms with Crippen molar-refractivity contribution in [2.45, 2.75) is 51.9 Å². The number of methoxy groups -OCH3 is 1. The molecule has 0 radical (unpaired) electrons. The SMILES string of the molecule is CCCn1c(CNC(=O)C2CCC(=O)N2Cc2ccccc2OC)nc2ccccc21. The number of carbonyl (C=O) groups is 2. The molecule has 4 rings (SSSR count). The molecule has 0 bridgehead atoms. The van der Waals surface area contributed by atoms with Crippen molar-refractivity contribution in [2.24, 2.45) is 0 Å². The first kappa shape index (κ1) is 20.9. The van der Waals surface area contributed by atoms with Gasteiger partial charge in [0.25, 0.3) is 0 Å². The lowest BCUT2D eigenvalue weighted by atomic mass is 10.1. The number of benzene rings is 2. The number of rotatable bonds is 8. The highest BCUT2D eigenvalue weighted by molar-refractivity contribution is 5.91. The van der Waals surface area contributed by atoms with Gasteiger partial charge in [-0.25, -0.2) is 4.98 Å². The van der Waals surface area contributed by atoms with Crippen LogP contribution < -0.4 is 10.1 Å². The predicted molar refractivity (Wildman–Crippen MR) is 118 cm³/mol. The van der Waals surface area contributed by atoms with Crippen LogP contribution in [0.1, 0.15) is 37.6 Å². The monoisotopic (exact) mass is 420 g/mol. The fourth-order valence-corrected chi connectivity index (χ4v) is 4.24. The van der Waals surface area contributed by atoms with Crippen LogP contribution in [0.25, 0.3) is 11.0 Å². The first-order valence-electron chi connectivity index (χ1n) is 10.8.